The first-order chi connectivity index (χ1) is 9.64. The van der Waals surface area contributed by atoms with Crippen LogP contribution in [0.4, 0.5) is 5.69 Å². The Morgan fingerprint density at radius 1 is 1.43 bits per heavy atom. The van der Waals surface area contributed by atoms with E-state index in [-0.39, 0.29) is 23.0 Å². The summed E-state index contributed by atoms with van der Waals surface area (Å²) < 4.78 is 25.6. The molecule has 0 amide bonds. The van der Waals surface area contributed by atoms with Crippen LogP contribution in [0.25, 0.3) is 0 Å². The summed E-state index contributed by atoms with van der Waals surface area (Å²) >= 11 is 0. The van der Waals surface area contributed by atoms with E-state index in [0.717, 1.165) is 10.4 Å². The van der Waals surface area contributed by atoms with Crippen LogP contribution in [0.2, 0.25) is 0 Å². The van der Waals surface area contributed by atoms with Gasteiger partial charge in [-0.05, 0) is 12.0 Å². The van der Waals surface area contributed by atoms with E-state index < -0.39 is 27.5 Å². The summed E-state index contributed by atoms with van der Waals surface area (Å²) in [6.45, 7) is 2.82. The maximum atomic E-state index is 12.4. The molecule has 116 valence electrons. The van der Waals surface area contributed by atoms with Crippen LogP contribution in [0.1, 0.15) is 13.8 Å². The van der Waals surface area contributed by atoms with Crippen molar-refractivity contribution in [1.82, 2.24) is 4.31 Å². The van der Waals surface area contributed by atoms with E-state index in [1.807, 2.05) is 0 Å². The van der Waals surface area contributed by atoms with Gasteiger partial charge in [0.2, 0.25) is 10.0 Å². The van der Waals surface area contributed by atoms with Gasteiger partial charge in [0.25, 0.3) is 5.69 Å². The molecule has 0 unspecified atom stereocenters. The molecule has 0 heterocycles. The van der Waals surface area contributed by atoms with E-state index in [4.69, 9.17) is 5.11 Å². The van der Waals surface area contributed by atoms with Gasteiger partial charge >= 0.3 is 5.97 Å². The molecule has 0 radical (unpaired) electrons. The molecule has 0 fully saturated rings. The van der Waals surface area contributed by atoms with E-state index in [1.165, 1.54) is 18.2 Å². The number of non-ortho nitro benzene ring substituents is 1. The average molecular weight is 316 g/mol. The monoisotopic (exact) mass is 316 g/mol. The van der Waals surface area contributed by atoms with E-state index in [2.05, 4.69) is 0 Å². The van der Waals surface area contributed by atoms with Gasteiger partial charge in [-0.1, -0.05) is 19.9 Å². The quantitative estimate of drug-likeness (QED) is 0.599. The molecule has 9 heteroatoms. The van der Waals surface area contributed by atoms with Gasteiger partial charge < -0.3 is 5.11 Å². The van der Waals surface area contributed by atoms with Crippen LogP contribution in [-0.2, 0) is 14.8 Å². The first-order valence-corrected chi connectivity index (χ1v) is 7.55. The Kier molecular flexibility index (Phi) is 5.39. The second-order valence-corrected chi connectivity index (χ2v) is 6.78. The Bertz CT molecular complexity index is 641. The molecule has 0 atom stereocenters. The first-order valence-electron chi connectivity index (χ1n) is 6.11. The fourth-order valence-corrected chi connectivity index (χ4v) is 3.31. The number of benzene rings is 1. The number of nitro benzene ring substituents is 1. The van der Waals surface area contributed by atoms with Crippen LogP contribution >= 0.6 is 0 Å². The van der Waals surface area contributed by atoms with Crippen molar-refractivity contribution in [2.75, 3.05) is 13.1 Å². The maximum Gasteiger partial charge on any atom is 0.318 e. The molecular formula is C12H16N2O6S. The summed E-state index contributed by atoms with van der Waals surface area (Å²) in [5.74, 6) is -1.37. The van der Waals surface area contributed by atoms with Crippen molar-refractivity contribution in [3.63, 3.8) is 0 Å². The number of sulfonamides is 1. The number of carbonyl (C=O) groups is 1. The van der Waals surface area contributed by atoms with Crippen LogP contribution in [0.3, 0.4) is 0 Å². The van der Waals surface area contributed by atoms with Crippen molar-refractivity contribution in [3.8, 4) is 0 Å². The average Bonchev–Trinajstić information content (AvgIpc) is 2.37. The minimum Gasteiger partial charge on any atom is -0.480 e. The van der Waals surface area contributed by atoms with Gasteiger partial charge in [-0.3, -0.25) is 14.9 Å². The van der Waals surface area contributed by atoms with E-state index in [0.29, 0.717) is 0 Å². The van der Waals surface area contributed by atoms with Crippen LogP contribution in [0.5, 0.6) is 0 Å². The number of carboxylic acids is 1. The summed E-state index contributed by atoms with van der Waals surface area (Å²) in [6, 6.07) is 4.55. The predicted octanol–water partition coefficient (Wildman–Crippen LogP) is 1.33. The molecule has 1 aromatic rings. The largest absolute Gasteiger partial charge is 0.480 e. The van der Waals surface area contributed by atoms with E-state index >= 15 is 0 Å². The molecule has 0 spiro atoms. The van der Waals surface area contributed by atoms with Crippen molar-refractivity contribution < 1.29 is 23.2 Å². The highest BCUT2D eigenvalue weighted by molar-refractivity contribution is 7.89. The second-order valence-electron chi connectivity index (χ2n) is 4.84. The zero-order valence-corrected chi connectivity index (χ0v) is 12.4. The smallest absolute Gasteiger partial charge is 0.318 e. The van der Waals surface area contributed by atoms with Crippen LogP contribution < -0.4 is 0 Å². The topological polar surface area (TPSA) is 118 Å². The molecule has 0 saturated heterocycles. The molecule has 8 nitrogen and oxygen atoms in total. The normalized spacial score (nSPS) is 11.8. The highest BCUT2D eigenvalue weighted by Crippen LogP contribution is 2.21. The lowest BCUT2D eigenvalue weighted by Crippen LogP contribution is -2.38. The van der Waals surface area contributed by atoms with Gasteiger partial charge in [-0.2, -0.15) is 4.31 Å². The SMILES string of the molecule is CC(C)CN(CC(=O)O)S(=O)(=O)c1cccc([N+](=O)[O-])c1. The zero-order valence-electron chi connectivity index (χ0n) is 11.6. The lowest BCUT2D eigenvalue weighted by molar-refractivity contribution is -0.385. The molecule has 0 aliphatic heterocycles. The molecule has 0 aliphatic carbocycles. The number of carboxylic acid groups (broad SMARTS) is 1. The third-order valence-corrected chi connectivity index (χ3v) is 4.35. The van der Waals surface area contributed by atoms with Gasteiger partial charge in [0.1, 0.15) is 6.54 Å². The molecule has 0 bridgehead atoms. The summed E-state index contributed by atoms with van der Waals surface area (Å²) in [5.41, 5.74) is -0.365. The number of hydrogen-bond acceptors (Lipinski definition) is 5. The Balaban J connectivity index is 3.24. The van der Waals surface area contributed by atoms with E-state index in [9.17, 15) is 23.3 Å². The molecular weight excluding hydrogens is 300 g/mol. The molecule has 0 aliphatic rings. The van der Waals surface area contributed by atoms with Crippen LogP contribution in [0.15, 0.2) is 29.2 Å². The van der Waals surface area contributed by atoms with E-state index in [1.54, 1.807) is 13.8 Å². The van der Waals surface area contributed by atoms with Gasteiger partial charge in [-0.15, -0.1) is 0 Å². The third-order valence-electron chi connectivity index (χ3n) is 2.55. The molecule has 1 rings (SSSR count). The van der Waals surface area contributed by atoms with Crippen molar-refractivity contribution >= 4 is 21.7 Å². The first kappa shape index (κ1) is 17.1. The highest BCUT2D eigenvalue weighted by atomic mass is 32.2. The standard InChI is InChI=1S/C12H16N2O6S/c1-9(2)7-13(8-12(15)16)21(19,20)11-5-3-4-10(6-11)14(17)18/h3-6,9H,7-8H2,1-2H3,(H,15,16). The number of rotatable bonds is 7. The van der Waals surface area contributed by atoms with Gasteiger partial charge in [-0.25, -0.2) is 8.42 Å². The Labute approximate surface area is 122 Å². The van der Waals surface area contributed by atoms with Crippen molar-refractivity contribution in [2.45, 2.75) is 18.7 Å². The summed E-state index contributed by atoms with van der Waals surface area (Å²) in [5, 5.41) is 19.5. The van der Waals surface area contributed by atoms with Crippen molar-refractivity contribution in [3.05, 3.63) is 34.4 Å². The molecule has 0 saturated carbocycles. The lowest BCUT2D eigenvalue weighted by Gasteiger charge is -2.22. The Morgan fingerprint density at radius 2 is 2.05 bits per heavy atom. The van der Waals surface area contributed by atoms with Crippen LogP contribution in [0, 0.1) is 16.0 Å². The maximum absolute atomic E-state index is 12.4. The minimum atomic E-state index is -4.10. The highest BCUT2D eigenvalue weighted by Gasteiger charge is 2.28. The van der Waals surface area contributed by atoms with Gasteiger partial charge in [0, 0.05) is 18.7 Å². The van der Waals surface area contributed by atoms with Gasteiger partial charge in [0.15, 0.2) is 0 Å². The van der Waals surface area contributed by atoms with Gasteiger partial charge in [0.05, 0.1) is 9.82 Å². The lowest BCUT2D eigenvalue weighted by atomic mass is 10.2. The second kappa shape index (κ2) is 6.64. The number of hydrogen-bond donors (Lipinski definition) is 1. The minimum absolute atomic E-state index is 0.0112. The predicted molar refractivity (Wildman–Crippen MR) is 74.3 cm³/mol. The van der Waals surface area contributed by atoms with Crippen molar-refractivity contribution in [2.24, 2.45) is 5.92 Å². The summed E-state index contributed by atoms with van der Waals surface area (Å²) in [4.78, 5) is 20.5. The Hall–Kier alpha value is -2.00. The summed E-state index contributed by atoms with van der Waals surface area (Å²) in [6.07, 6.45) is 0. The zero-order chi connectivity index (χ0) is 16.2. The molecule has 21 heavy (non-hydrogen) atoms. The summed E-state index contributed by atoms with van der Waals surface area (Å²) in [7, 11) is -4.10. The fourth-order valence-electron chi connectivity index (χ4n) is 1.71. The fraction of sp³-hybridized carbons (Fsp3) is 0.417. The van der Waals surface area contributed by atoms with Crippen molar-refractivity contribution in [1.29, 1.82) is 0 Å². The van der Waals surface area contributed by atoms with Crippen LogP contribution in [-0.4, -0.2) is 41.8 Å². The molecule has 0 aromatic heterocycles. The molecule has 1 aromatic carbocycles. The number of nitro groups is 1. The third kappa shape index (κ3) is 4.50. The Morgan fingerprint density at radius 3 is 2.52 bits per heavy atom. The number of aliphatic carboxylic acids is 1. The number of nitrogens with zero attached hydrogens (tertiary/aromatic N) is 2. The molecule has 1 N–H and O–H groups in total.